The van der Waals surface area contributed by atoms with E-state index in [1.54, 1.807) is 17.2 Å². The van der Waals surface area contributed by atoms with E-state index in [4.69, 9.17) is 0 Å². The lowest BCUT2D eigenvalue weighted by molar-refractivity contribution is 0.358. The first-order valence-corrected chi connectivity index (χ1v) is 7.94. The van der Waals surface area contributed by atoms with Crippen LogP contribution < -0.4 is 5.32 Å². The number of nitrogens with one attached hydrogen (secondary N) is 1. The average molecular weight is 289 g/mol. The summed E-state index contributed by atoms with van der Waals surface area (Å²) in [7, 11) is 0. The molecule has 0 bridgehead atoms. The second kappa shape index (κ2) is 5.44. The molecule has 1 unspecified atom stereocenters. The van der Waals surface area contributed by atoms with Gasteiger partial charge in [0, 0.05) is 18.0 Å². The van der Waals surface area contributed by atoms with Crippen molar-refractivity contribution in [2.24, 2.45) is 5.41 Å². The second-order valence-corrected chi connectivity index (χ2v) is 6.97. The van der Waals surface area contributed by atoms with Gasteiger partial charge in [-0.1, -0.05) is 13.8 Å². The van der Waals surface area contributed by atoms with Crippen molar-refractivity contribution in [2.45, 2.75) is 26.3 Å². The summed E-state index contributed by atoms with van der Waals surface area (Å²) >= 11 is 2.01. The van der Waals surface area contributed by atoms with Crippen LogP contribution in [0.4, 0.5) is 5.69 Å². The molecule has 0 amide bonds. The molecule has 2 aromatic rings. The van der Waals surface area contributed by atoms with Crippen molar-refractivity contribution in [3.05, 3.63) is 31.0 Å². The molecule has 2 aromatic heterocycles. The molecule has 20 heavy (non-hydrogen) atoms. The van der Waals surface area contributed by atoms with Crippen LogP contribution >= 0.6 is 11.8 Å². The Morgan fingerprint density at radius 2 is 2.35 bits per heavy atom. The van der Waals surface area contributed by atoms with E-state index in [1.165, 1.54) is 18.5 Å². The highest BCUT2D eigenvalue weighted by Crippen LogP contribution is 2.35. The normalized spacial score (nSPS) is 21.6. The first kappa shape index (κ1) is 13.4. The average Bonchev–Trinajstić information content (AvgIpc) is 2.92. The van der Waals surface area contributed by atoms with Crippen molar-refractivity contribution in [3.8, 4) is 5.82 Å². The lowest BCUT2D eigenvalue weighted by atomic mass is 9.88. The van der Waals surface area contributed by atoms with Crippen molar-refractivity contribution >= 4 is 17.4 Å². The lowest BCUT2D eigenvalue weighted by Crippen LogP contribution is -2.35. The van der Waals surface area contributed by atoms with Gasteiger partial charge in [0.25, 0.3) is 0 Å². The number of hydrogen-bond donors (Lipinski definition) is 1. The summed E-state index contributed by atoms with van der Waals surface area (Å²) in [6, 6.07) is 4.47. The summed E-state index contributed by atoms with van der Waals surface area (Å²) < 4.78 is 1.70. The van der Waals surface area contributed by atoms with Gasteiger partial charge >= 0.3 is 0 Å². The van der Waals surface area contributed by atoms with Crippen LogP contribution in [-0.2, 0) is 0 Å². The zero-order chi connectivity index (χ0) is 14.0. The number of nitrogens with zero attached hydrogens (tertiary/aromatic N) is 4. The highest BCUT2D eigenvalue weighted by molar-refractivity contribution is 7.99. The van der Waals surface area contributed by atoms with Gasteiger partial charge in [0.15, 0.2) is 5.82 Å². The molecule has 6 heteroatoms. The van der Waals surface area contributed by atoms with Crippen molar-refractivity contribution in [1.29, 1.82) is 0 Å². The zero-order valence-corrected chi connectivity index (χ0v) is 12.6. The zero-order valence-electron chi connectivity index (χ0n) is 11.8. The third-order valence-corrected chi connectivity index (χ3v) is 5.02. The summed E-state index contributed by atoms with van der Waals surface area (Å²) in [5.41, 5.74) is 1.40. The Balaban J connectivity index is 1.81. The van der Waals surface area contributed by atoms with Gasteiger partial charge in [-0.3, -0.25) is 0 Å². The molecule has 1 fully saturated rings. The maximum Gasteiger partial charge on any atom is 0.178 e. The molecule has 1 saturated heterocycles. The molecule has 1 aliphatic rings. The molecule has 0 radical (unpaired) electrons. The molecule has 3 rings (SSSR count). The van der Waals surface area contributed by atoms with Crippen molar-refractivity contribution < 1.29 is 0 Å². The number of rotatable bonds is 3. The molecule has 106 valence electrons. The summed E-state index contributed by atoms with van der Waals surface area (Å²) in [5, 5.41) is 7.79. The molecular weight excluding hydrogens is 270 g/mol. The minimum Gasteiger partial charge on any atom is -0.378 e. The van der Waals surface area contributed by atoms with E-state index in [2.05, 4.69) is 40.3 Å². The minimum absolute atomic E-state index is 0.385. The monoisotopic (exact) mass is 289 g/mol. The third kappa shape index (κ3) is 2.95. The van der Waals surface area contributed by atoms with Gasteiger partial charge in [-0.2, -0.15) is 16.9 Å². The van der Waals surface area contributed by atoms with Gasteiger partial charge in [0.1, 0.15) is 12.7 Å². The summed E-state index contributed by atoms with van der Waals surface area (Å²) in [6.45, 7) is 4.66. The standard InChI is InChI=1S/C14H19N5S/c1-14(2)6-11(7-20-8-14)18-12-4-3-5-16-13(12)19-10-15-9-17-19/h3-5,9-11,18H,6-8H2,1-2H3. The van der Waals surface area contributed by atoms with Gasteiger partial charge in [0.2, 0.25) is 0 Å². The van der Waals surface area contributed by atoms with E-state index in [0.717, 1.165) is 17.3 Å². The van der Waals surface area contributed by atoms with E-state index < -0.39 is 0 Å². The fourth-order valence-electron chi connectivity index (χ4n) is 2.58. The first-order chi connectivity index (χ1) is 9.64. The van der Waals surface area contributed by atoms with Crippen LogP contribution in [0.1, 0.15) is 20.3 Å². The van der Waals surface area contributed by atoms with Crippen LogP contribution in [0, 0.1) is 5.41 Å². The summed E-state index contributed by atoms with van der Waals surface area (Å²) in [4.78, 5) is 8.40. The number of thioether (sulfide) groups is 1. The van der Waals surface area contributed by atoms with Crippen LogP contribution in [0.5, 0.6) is 0 Å². The van der Waals surface area contributed by atoms with E-state index in [0.29, 0.717) is 11.5 Å². The predicted octanol–water partition coefficient (Wildman–Crippen LogP) is 2.61. The maximum absolute atomic E-state index is 4.41. The molecule has 5 nitrogen and oxygen atoms in total. The van der Waals surface area contributed by atoms with Gasteiger partial charge < -0.3 is 5.32 Å². The smallest absolute Gasteiger partial charge is 0.178 e. The fraction of sp³-hybridized carbons (Fsp3) is 0.500. The largest absolute Gasteiger partial charge is 0.378 e. The van der Waals surface area contributed by atoms with Gasteiger partial charge in [-0.05, 0) is 29.7 Å². The Morgan fingerprint density at radius 3 is 3.10 bits per heavy atom. The SMILES string of the molecule is CC1(C)CSCC(Nc2cccnc2-n2cncn2)C1. The third-order valence-electron chi connectivity index (χ3n) is 3.39. The van der Waals surface area contributed by atoms with E-state index in [1.807, 2.05) is 17.8 Å². The highest BCUT2D eigenvalue weighted by atomic mass is 32.2. The molecule has 0 spiro atoms. The maximum atomic E-state index is 4.41. The van der Waals surface area contributed by atoms with Crippen LogP contribution in [0.25, 0.3) is 5.82 Å². The quantitative estimate of drug-likeness (QED) is 0.941. The Bertz CT molecular complexity index is 567. The fourth-order valence-corrected chi connectivity index (χ4v) is 3.86. The highest BCUT2D eigenvalue weighted by Gasteiger charge is 2.28. The molecule has 1 N–H and O–H groups in total. The molecule has 3 heterocycles. The molecule has 0 saturated carbocycles. The predicted molar refractivity (Wildman–Crippen MR) is 82.3 cm³/mol. The number of hydrogen-bond acceptors (Lipinski definition) is 5. The van der Waals surface area contributed by atoms with Crippen LogP contribution in [0.15, 0.2) is 31.0 Å². The summed E-state index contributed by atoms with van der Waals surface area (Å²) in [6.07, 6.45) is 6.15. The number of anilines is 1. The lowest BCUT2D eigenvalue weighted by Gasteiger charge is -2.35. The Kier molecular flexibility index (Phi) is 3.65. The van der Waals surface area contributed by atoms with Gasteiger partial charge in [-0.15, -0.1) is 0 Å². The molecule has 1 aliphatic heterocycles. The molecule has 0 aliphatic carbocycles. The van der Waals surface area contributed by atoms with Crippen molar-refractivity contribution in [1.82, 2.24) is 19.7 Å². The summed E-state index contributed by atoms with van der Waals surface area (Å²) in [5.74, 6) is 3.17. The van der Waals surface area contributed by atoms with E-state index in [-0.39, 0.29) is 0 Å². The molecule has 0 aromatic carbocycles. The Morgan fingerprint density at radius 1 is 1.45 bits per heavy atom. The van der Waals surface area contributed by atoms with Gasteiger partial charge in [0.05, 0.1) is 5.69 Å². The van der Waals surface area contributed by atoms with Crippen LogP contribution in [-0.4, -0.2) is 37.3 Å². The molecular formula is C14H19N5S. The minimum atomic E-state index is 0.385. The van der Waals surface area contributed by atoms with Crippen LogP contribution in [0.2, 0.25) is 0 Å². The Hall–Kier alpha value is -1.56. The van der Waals surface area contributed by atoms with E-state index in [9.17, 15) is 0 Å². The van der Waals surface area contributed by atoms with Crippen molar-refractivity contribution in [2.75, 3.05) is 16.8 Å². The number of aromatic nitrogens is 4. The second-order valence-electron chi connectivity index (χ2n) is 5.94. The van der Waals surface area contributed by atoms with E-state index >= 15 is 0 Å². The number of pyridine rings is 1. The first-order valence-electron chi connectivity index (χ1n) is 6.78. The Labute approximate surface area is 123 Å². The van der Waals surface area contributed by atoms with Crippen molar-refractivity contribution in [3.63, 3.8) is 0 Å². The van der Waals surface area contributed by atoms with Gasteiger partial charge in [-0.25, -0.2) is 14.6 Å². The van der Waals surface area contributed by atoms with Crippen LogP contribution in [0.3, 0.4) is 0 Å². The molecule has 1 atom stereocenters. The topological polar surface area (TPSA) is 55.6 Å².